The summed E-state index contributed by atoms with van der Waals surface area (Å²) in [4.78, 5) is 31.8. The van der Waals surface area contributed by atoms with Gasteiger partial charge in [-0.3, -0.25) is 15.0 Å². The van der Waals surface area contributed by atoms with Crippen molar-refractivity contribution in [2.75, 3.05) is 19.1 Å². The molecule has 0 fully saturated rings. The number of nitrogens with one attached hydrogen (secondary N) is 1. The number of fused-ring (bicyclic) bond motifs is 1. The van der Waals surface area contributed by atoms with Crippen LogP contribution in [0.25, 0.3) is 27.4 Å². The first kappa shape index (κ1) is 23.0. The van der Waals surface area contributed by atoms with Crippen LogP contribution in [0.1, 0.15) is 10.4 Å². The summed E-state index contributed by atoms with van der Waals surface area (Å²) in [6.45, 7) is 5.94. The summed E-state index contributed by atoms with van der Waals surface area (Å²) < 4.78 is 12.0. The van der Waals surface area contributed by atoms with Crippen molar-refractivity contribution in [3.8, 4) is 22.6 Å². The van der Waals surface area contributed by atoms with Crippen molar-refractivity contribution < 1.29 is 14.3 Å². The Bertz CT molecular complexity index is 1440. The fourth-order valence-electron chi connectivity index (χ4n) is 3.52. The number of benzene rings is 2. The number of hydrogen-bond acceptors (Lipinski definition) is 6. The van der Waals surface area contributed by atoms with Crippen LogP contribution in [-0.2, 0) is 4.79 Å². The van der Waals surface area contributed by atoms with Crippen LogP contribution in [0, 0.1) is 6.92 Å². The third-order valence-corrected chi connectivity index (χ3v) is 6.07. The van der Waals surface area contributed by atoms with E-state index in [0.717, 1.165) is 26.2 Å². The number of aromatic nitrogens is 2. The van der Waals surface area contributed by atoms with Crippen LogP contribution in [0.2, 0.25) is 0 Å². The maximum atomic E-state index is 13.2. The summed E-state index contributed by atoms with van der Waals surface area (Å²) >= 11 is 1.45. The molecule has 0 saturated carbocycles. The van der Waals surface area contributed by atoms with Gasteiger partial charge in [0.25, 0.3) is 11.5 Å². The highest BCUT2D eigenvalue weighted by Gasteiger charge is 2.17. The zero-order valence-electron chi connectivity index (χ0n) is 18.8. The van der Waals surface area contributed by atoms with Crippen LogP contribution in [0.15, 0.2) is 78.4 Å². The van der Waals surface area contributed by atoms with Gasteiger partial charge in [-0.15, -0.1) is 11.3 Å². The van der Waals surface area contributed by atoms with Gasteiger partial charge >= 0.3 is 0 Å². The molecule has 0 aliphatic rings. The second-order valence-corrected chi connectivity index (χ2v) is 8.52. The minimum absolute atomic E-state index is 0.333. The fourth-order valence-corrected chi connectivity index (χ4v) is 4.52. The molecule has 7 nitrogen and oxygen atoms in total. The van der Waals surface area contributed by atoms with E-state index in [1.165, 1.54) is 23.7 Å². The third kappa shape index (κ3) is 4.77. The number of hydrogen-bond donors (Lipinski definition) is 1. The van der Waals surface area contributed by atoms with Crippen molar-refractivity contribution in [1.82, 2.24) is 9.66 Å². The molecule has 172 valence electrons. The predicted molar refractivity (Wildman–Crippen MR) is 136 cm³/mol. The van der Waals surface area contributed by atoms with Gasteiger partial charge in [0.15, 0.2) is 11.5 Å². The Morgan fingerprint density at radius 3 is 2.74 bits per heavy atom. The lowest BCUT2D eigenvalue weighted by atomic mass is 10.0. The van der Waals surface area contributed by atoms with Gasteiger partial charge in [0.2, 0.25) is 0 Å². The zero-order valence-corrected chi connectivity index (χ0v) is 19.6. The van der Waals surface area contributed by atoms with Gasteiger partial charge < -0.3 is 9.47 Å². The maximum Gasteiger partial charge on any atom is 0.281 e. The Morgan fingerprint density at radius 1 is 1.21 bits per heavy atom. The van der Waals surface area contributed by atoms with Crippen LogP contribution in [0.3, 0.4) is 0 Å². The van der Waals surface area contributed by atoms with Gasteiger partial charge in [-0.1, -0.05) is 49.1 Å². The lowest BCUT2D eigenvalue weighted by molar-refractivity contribution is -0.112. The van der Waals surface area contributed by atoms with Crippen molar-refractivity contribution in [2.45, 2.75) is 6.92 Å². The molecular weight excluding hydrogens is 450 g/mol. The molecule has 0 radical (unpaired) electrons. The first-order chi connectivity index (χ1) is 16.5. The highest BCUT2D eigenvalue weighted by Crippen LogP contribution is 2.35. The highest BCUT2D eigenvalue weighted by molar-refractivity contribution is 7.19. The number of rotatable bonds is 8. The van der Waals surface area contributed by atoms with Crippen LogP contribution in [-0.4, -0.2) is 29.3 Å². The molecule has 0 aliphatic heterocycles. The minimum Gasteiger partial charge on any atom is -0.493 e. The molecule has 0 unspecified atom stereocenters. The lowest BCUT2D eigenvalue weighted by Crippen LogP contribution is -2.32. The molecule has 2 heterocycles. The van der Waals surface area contributed by atoms with E-state index in [-0.39, 0.29) is 5.56 Å². The van der Waals surface area contributed by atoms with E-state index >= 15 is 0 Å². The SMILES string of the molecule is C=CCOc1ccc(/C=C/C(=O)Nn2cnc3sc(C)c(-c4ccccc4)c3c2=O)cc1OC. The molecule has 4 rings (SSSR count). The number of aryl methyl sites for hydroxylation is 1. The average Bonchev–Trinajstić information content (AvgIpc) is 3.20. The summed E-state index contributed by atoms with van der Waals surface area (Å²) in [6.07, 6.45) is 5.94. The van der Waals surface area contributed by atoms with E-state index in [1.807, 2.05) is 37.3 Å². The van der Waals surface area contributed by atoms with Gasteiger partial charge in [0.1, 0.15) is 17.8 Å². The summed E-state index contributed by atoms with van der Waals surface area (Å²) in [7, 11) is 1.54. The molecule has 1 N–H and O–H groups in total. The van der Waals surface area contributed by atoms with E-state index in [4.69, 9.17) is 9.47 Å². The number of methoxy groups -OCH3 is 1. The topological polar surface area (TPSA) is 82.5 Å². The van der Waals surface area contributed by atoms with E-state index in [2.05, 4.69) is 17.0 Å². The summed E-state index contributed by atoms with van der Waals surface area (Å²) in [5.41, 5.74) is 4.75. The molecule has 8 heteroatoms. The largest absolute Gasteiger partial charge is 0.493 e. The Hall–Kier alpha value is -4.17. The van der Waals surface area contributed by atoms with Gasteiger partial charge in [0, 0.05) is 16.5 Å². The van der Waals surface area contributed by atoms with Gasteiger partial charge in [0.05, 0.1) is 12.5 Å². The summed E-state index contributed by atoms with van der Waals surface area (Å²) in [5.74, 6) is 0.647. The molecule has 0 aliphatic carbocycles. The average molecular weight is 474 g/mol. The van der Waals surface area contributed by atoms with Crippen LogP contribution < -0.4 is 20.5 Å². The third-order valence-electron chi connectivity index (χ3n) is 5.05. The smallest absolute Gasteiger partial charge is 0.281 e. The molecule has 1 amide bonds. The van der Waals surface area contributed by atoms with E-state index in [9.17, 15) is 9.59 Å². The molecule has 4 aromatic rings. The molecule has 0 atom stereocenters. The van der Waals surface area contributed by atoms with Crippen molar-refractivity contribution >= 4 is 33.5 Å². The van der Waals surface area contributed by atoms with Crippen molar-refractivity contribution in [1.29, 1.82) is 0 Å². The fraction of sp³-hybridized carbons (Fsp3) is 0.115. The van der Waals surface area contributed by atoms with Crippen LogP contribution in [0.4, 0.5) is 0 Å². The zero-order chi connectivity index (χ0) is 24.1. The quantitative estimate of drug-likeness (QED) is 0.294. The van der Waals surface area contributed by atoms with Crippen molar-refractivity contribution in [2.24, 2.45) is 0 Å². The number of carbonyl (C=O) groups is 1. The van der Waals surface area contributed by atoms with Gasteiger partial charge in [-0.05, 0) is 36.3 Å². The normalized spacial score (nSPS) is 11.0. The van der Waals surface area contributed by atoms with E-state index in [0.29, 0.717) is 28.3 Å². The van der Waals surface area contributed by atoms with E-state index < -0.39 is 5.91 Å². The Balaban J connectivity index is 1.58. The summed E-state index contributed by atoms with van der Waals surface area (Å²) in [5, 5.41) is 0.486. The monoisotopic (exact) mass is 473 g/mol. The second kappa shape index (κ2) is 10.2. The molecule has 2 aromatic heterocycles. The van der Waals surface area contributed by atoms with Gasteiger partial charge in [-0.25, -0.2) is 9.66 Å². The maximum absolute atomic E-state index is 13.2. The Morgan fingerprint density at radius 2 is 2.00 bits per heavy atom. The number of carbonyl (C=O) groups excluding carboxylic acids is 1. The molecule has 0 bridgehead atoms. The summed E-state index contributed by atoms with van der Waals surface area (Å²) in [6, 6.07) is 15.0. The Kier molecular flexibility index (Phi) is 6.89. The number of nitrogens with zero attached hydrogens (tertiary/aromatic N) is 2. The molecule has 0 spiro atoms. The minimum atomic E-state index is -0.470. The van der Waals surface area contributed by atoms with Crippen molar-refractivity contribution in [3.63, 3.8) is 0 Å². The molecule has 34 heavy (non-hydrogen) atoms. The van der Waals surface area contributed by atoms with Gasteiger partial charge in [-0.2, -0.15) is 0 Å². The predicted octanol–water partition coefficient (Wildman–Crippen LogP) is 4.79. The van der Waals surface area contributed by atoms with Crippen LogP contribution >= 0.6 is 11.3 Å². The first-order valence-electron chi connectivity index (χ1n) is 10.5. The van der Waals surface area contributed by atoms with Crippen molar-refractivity contribution in [3.05, 3.63) is 94.4 Å². The molecule has 0 saturated heterocycles. The molecule has 2 aromatic carbocycles. The Labute approximate surface area is 200 Å². The number of thiophene rings is 1. The first-order valence-corrected chi connectivity index (χ1v) is 11.3. The van der Waals surface area contributed by atoms with E-state index in [1.54, 1.807) is 37.5 Å². The standard InChI is InChI=1S/C26H23N3O4S/c1-4-14-33-20-12-10-18(15-21(20)32-3)11-13-22(30)28-29-16-27-25-24(26(29)31)23(17(2)34-25)19-8-6-5-7-9-19/h4-13,15-16H,1,14H2,2-3H3,(H,28,30)/b13-11+. The number of amides is 1. The van der Waals surface area contributed by atoms with Crippen LogP contribution in [0.5, 0.6) is 11.5 Å². The lowest BCUT2D eigenvalue weighted by Gasteiger charge is -2.10. The molecular formula is C26H23N3O4S. The second-order valence-electron chi connectivity index (χ2n) is 7.32. The highest BCUT2D eigenvalue weighted by atomic mass is 32.1. The number of ether oxygens (including phenoxy) is 2.